The molecule has 0 spiro atoms. The molecule has 0 unspecified atom stereocenters. The van der Waals surface area contributed by atoms with Crippen molar-refractivity contribution in [1.29, 1.82) is 0 Å². The van der Waals surface area contributed by atoms with E-state index in [0.29, 0.717) is 0 Å². The Morgan fingerprint density at radius 3 is 2.25 bits per heavy atom. The van der Waals surface area contributed by atoms with Crippen LogP contribution in [-0.2, 0) is 0 Å². The predicted octanol–water partition coefficient (Wildman–Crippen LogP) is 2.56. The Hall–Kier alpha value is -1.30. The molecule has 3 N–H and O–H groups in total. The molecule has 0 aliphatic rings. The number of amidine groups is 1. The third kappa shape index (κ3) is 2.85. The first kappa shape index (κ1) is 12.8. The maximum absolute atomic E-state index is 13.5. The van der Waals surface area contributed by atoms with Crippen molar-refractivity contribution < 1.29 is 14.0 Å². The minimum atomic E-state index is -0.708. The topological polar surface area (TPSA) is 58.6 Å². The molecule has 6 heteroatoms. The molecular weight excluding hydrogens is 234 g/mol. The first-order valence-corrected chi connectivity index (χ1v) is 5.47. The van der Waals surface area contributed by atoms with Gasteiger partial charge in [-0.15, -0.1) is 11.8 Å². The minimum Gasteiger partial charge on any atom is -0.409 e. The van der Waals surface area contributed by atoms with Crippen molar-refractivity contribution in [2.75, 3.05) is 0 Å². The average Bonchev–Trinajstić information content (AvgIpc) is 2.21. The summed E-state index contributed by atoms with van der Waals surface area (Å²) < 4.78 is 27.0. The van der Waals surface area contributed by atoms with Gasteiger partial charge >= 0.3 is 0 Å². The molecule has 1 aromatic carbocycles. The van der Waals surface area contributed by atoms with Crippen LogP contribution in [-0.4, -0.2) is 16.3 Å². The molecule has 1 aromatic rings. The van der Waals surface area contributed by atoms with Gasteiger partial charge in [0.2, 0.25) is 0 Å². The van der Waals surface area contributed by atoms with E-state index in [4.69, 9.17) is 10.9 Å². The van der Waals surface area contributed by atoms with Crippen LogP contribution in [0.1, 0.15) is 19.4 Å². The van der Waals surface area contributed by atoms with E-state index in [2.05, 4.69) is 5.16 Å². The monoisotopic (exact) mass is 246 g/mol. The highest BCUT2D eigenvalue weighted by molar-refractivity contribution is 7.99. The van der Waals surface area contributed by atoms with Crippen LogP contribution in [0, 0.1) is 11.6 Å². The fraction of sp³-hybridized carbons (Fsp3) is 0.300. The van der Waals surface area contributed by atoms with Crippen LogP contribution in [0.2, 0.25) is 0 Å². The average molecular weight is 246 g/mol. The summed E-state index contributed by atoms with van der Waals surface area (Å²) in [6, 6.07) is 2.09. The predicted molar refractivity (Wildman–Crippen MR) is 59.9 cm³/mol. The number of thioether (sulfide) groups is 1. The van der Waals surface area contributed by atoms with Crippen LogP contribution in [0.4, 0.5) is 8.78 Å². The van der Waals surface area contributed by atoms with Gasteiger partial charge in [-0.2, -0.15) is 0 Å². The van der Waals surface area contributed by atoms with Crippen LogP contribution >= 0.6 is 11.8 Å². The van der Waals surface area contributed by atoms with Crippen molar-refractivity contribution >= 4 is 17.6 Å². The molecule has 0 atom stereocenters. The Balaban J connectivity index is 3.17. The van der Waals surface area contributed by atoms with Gasteiger partial charge in [-0.05, 0) is 12.1 Å². The van der Waals surface area contributed by atoms with Crippen molar-refractivity contribution in [3.63, 3.8) is 0 Å². The van der Waals surface area contributed by atoms with Crippen molar-refractivity contribution in [2.24, 2.45) is 10.9 Å². The molecular formula is C10H12F2N2OS. The van der Waals surface area contributed by atoms with Gasteiger partial charge in [0.05, 0.1) is 4.90 Å². The first-order chi connectivity index (χ1) is 7.45. The fourth-order valence-corrected chi connectivity index (χ4v) is 1.93. The fourth-order valence-electron chi connectivity index (χ4n) is 1.11. The highest BCUT2D eigenvalue weighted by Crippen LogP contribution is 2.29. The quantitative estimate of drug-likeness (QED) is 0.283. The largest absolute Gasteiger partial charge is 0.409 e. The van der Waals surface area contributed by atoms with Crippen LogP contribution in [0.5, 0.6) is 0 Å². The summed E-state index contributed by atoms with van der Waals surface area (Å²) >= 11 is 1.09. The number of hydrogen-bond donors (Lipinski definition) is 2. The maximum Gasteiger partial charge on any atom is 0.170 e. The summed E-state index contributed by atoms with van der Waals surface area (Å²) in [5, 5.41) is 11.2. The molecule has 0 saturated carbocycles. The third-order valence-corrected chi connectivity index (χ3v) is 2.85. The van der Waals surface area contributed by atoms with Crippen LogP contribution < -0.4 is 5.73 Å². The molecule has 0 aliphatic carbocycles. The maximum atomic E-state index is 13.5. The second-order valence-electron chi connectivity index (χ2n) is 3.42. The Morgan fingerprint density at radius 2 is 1.88 bits per heavy atom. The van der Waals surface area contributed by atoms with Gasteiger partial charge < -0.3 is 10.9 Å². The van der Waals surface area contributed by atoms with Crippen molar-refractivity contribution in [2.45, 2.75) is 24.0 Å². The number of halogens is 2. The van der Waals surface area contributed by atoms with Gasteiger partial charge in [-0.25, -0.2) is 8.78 Å². The second-order valence-corrected chi connectivity index (χ2v) is 5.01. The summed E-state index contributed by atoms with van der Waals surface area (Å²) in [5.41, 5.74) is 5.26. The molecule has 0 saturated heterocycles. The van der Waals surface area contributed by atoms with Crippen LogP contribution in [0.25, 0.3) is 0 Å². The molecule has 0 amide bonds. The van der Waals surface area contributed by atoms with Gasteiger partial charge in [0, 0.05) is 10.8 Å². The number of oxime groups is 1. The molecule has 0 aromatic heterocycles. The molecule has 16 heavy (non-hydrogen) atoms. The van der Waals surface area contributed by atoms with E-state index < -0.39 is 11.6 Å². The summed E-state index contributed by atoms with van der Waals surface area (Å²) in [4.78, 5) is -0.0514. The first-order valence-electron chi connectivity index (χ1n) is 4.59. The van der Waals surface area contributed by atoms with Crippen LogP contribution in [0.3, 0.4) is 0 Å². The Bertz CT molecular complexity index is 398. The van der Waals surface area contributed by atoms with E-state index in [0.717, 1.165) is 23.9 Å². The lowest BCUT2D eigenvalue weighted by Crippen LogP contribution is -2.14. The molecule has 88 valence electrons. The van der Waals surface area contributed by atoms with Gasteiger partial charge in [0.15, 0.2) is 5.84 Å². The van der Waals surface area contributed by atoms with E-state index in [-0.39, 0.29) is 21.5 Å². The summed E-state index contributed by atoms with van der Waals surface area (Å²) in [6.07, 6.45) is 0. The standard InChI is InChI=1S/C10H12F2N2OS/c1-5(2)16-9-7(11)3-6(4-8(9)12)10(13)14-15/h3-5,15H,1-2H3,(H2,13,14). The van der Waals surface area contributed by atoms with E-state index >= 15 is 0 Å². The van der Waals surface area contributed by atoms with Gasteiger partial charge in [0.1, 0.15) is 11.6 Å². The van der Waals surface area contributed by atoms with E-state index in [1.54, 1.807) is 0 Å². The number of nitrogens with zero attached hydrogens (tertiary/aromatic N) is 1. The number of rotatable bonds is 3. The zero-order valence-electron chi connectivity index (χ0n) is 8.87. The van der Waals surface area contributed by atoms with Crippen LogP contribution in [0.15, 0.2) is 22.2 Å². The minimum absolute atomic E-state index is 0.0191. The molecule has 3 nitrogen and oxygen atoms in total. The smallest absolute Gasteiger partial charge is 0.170 e. The lowest BCUT2D eigenvalue weighted by Gasteiger charge is -2.09. The zero-order chi connectivity index (χ0) is 12.3. The Morgan fingerprint density at radius 1 is 1.38 bits per heavy atom. The van der Waals surface area contributed by atoms with Crippen molar-refractivity contribution in [3.05, 3.63) is 29.3 Å². The van der Waals surface area contributed by atoms with E-state index in [1.807, 2.05) is 13.8 Å². The SMILES string of the molecule is CC(C)Sc1c(F)cc(C(N)=NO)cc1F. The Kier molecular flexibility index (Phi) is 4.12. The summed E-state index contributed by atoms with van der Waals surface area (Å²) in [7, 11) is 0. The van der Waals surface area contributed by atoms with E-state index in [1.165, 1.54) is 0 Å². The molecule has 0 aliphatic heterocycles. The molecule has 0 radical (unpaired) electrons. The highest BCUT2D eigenvalue weighted by atomic mass is 32.2. The van der Waals surface area contributed by atoms with Gasteiger partial charge in [-0.1, -0.05) is 19.0 Å². The second kappa shape index (κ2) is 5.16. The van der Waals surface area contributed by atoms with Gasteiger partial charge in [-0.3, -0.25) is 0 Å². The third-order valence-electron chi connectivity index (χ3n) is 1.76. The number of benzene rings is 1. The van der Waals surface area contributed by atoms with E-state index in [9.17, 15) is 8.78 Å². The lowest BCUT2D eigenvalue weighted by atomic mass is 10.2. The highest BCUT2D eigenvalue weighted by Gasteiger charge is 2.14. The Labute approximate surface area is 96.3 Å². The molecule has 0 bridgehead atoms. The van der Waals surface area contributed by atoms with Crippen molar-refractivity contribution in [1.82, 2.24) is 0 Å². The summed E-state index contributed by atoms with van der Waals surface area (Å²) in [5.74, 6) is -1.74. The van der Waals surface area contributed by atoms with Gasteiger partial charge in [0.25, 0.3) is 0 Å². The normalized spacial score (nSPS) is 12.2. The zero-order valence-corrected chi connectivity index (χ0v) is 9.68. The number of hydrogen-bond acceptors (Lipinski definition) is 3. The summed E-state index contributed by atoms with van der Waals surface area (Å²) in [6.45, 7) is 3.67. The molecule has 1 rings (SSSR count). The molecule has 0 fully saturated rings. The number of nitrogens with two attached hydrogens (primary N) is 1. The lowest BCUT2D eigenvalue weighted by molar-refractivity contribution is 0.318. The molecule has 0 heterocycles. The van der Waals surface area contributed by atoms with Crippen molar-refractivity contribution in [3.8, 4) is 0 Å².